The lowest BCUT2D eigenvalue weighted by molar-refractivity contribution is -0.133. The first-order chi connectivity index (χ1) is 19.5. The van der Waals surface area contributed by atoms with E-state index in [0.717, 1.165) is 62.3 Å². The topological polar surface area (TPSA) is 87.0 Å². The van der Waals surface area contributed by atoms with Gasteiger partial charge in [-0.2, -0.15) is 0 Å². The summed E-state index contributed by atoms with van der Waals surface area (Å²) in [7, 11) is 2.08. The number of fused-ring (bicyclic) bond motifs is 2. The summed E-state index contributed by atoms with van der Waals surface area (Å²) in [6, 6.07) is 18.1. The van der Waals surface area contributed by atoms with Gasteiger partial charge in [0.1, 0.15) is 30.7 Å². The van der Waals surface area contributed by atoms with Gasteiger partial charge in [-0.15, -0.1) is 0 Å². The summed E-state index contributed by atoms with van der Waals surface area (Å²) in [5.41, 5.74) is 4.29. The molecule has 208 valence electrons. The number of hydrogen-bond donors (Lipinski definition) is 1. The standard InChI is InChI=1S/C31H36N6O3/c1-34-13-15-36(16-14-34)29(39)21-37-12-10-25-18-32-30(33-31(25)37)24-7-4-8-28(17-24)40-22-27(38)20-35-11-9-23-5-2-3-6-26(23)19-35/h2-8,10,12,17-18,27,38H,9,11,13-16,19-22H2,1H3. The summed E-state index contributed by atoms with van der Waals surface area (Å²) < 4.78 is 7.87. The number of carbonyl (C=O) groups is 1. The fraction of sp³-hybridized carbons (Fsp3) is 0.387. The van der Waals surface area contributed by atoms with Gasteiger partial charge in [0.25, 0.3) is 0 Å². The smallest absolute Gasteiger partial charge is 0.242 e. The summed E-state index contributed by atoms with van der Waals surface area (Å²) in [5, 5.41) is 11.6. The number of aliphatic hydroxyl groups is 1. The quantitative estimate of drug-likeness (QED) is 0.368. The number of β-amino-alcohol motifs (C(OH)–C–C–N with tert-alkyl or cyclic N) is 1. The van der Waals surface area contributed by atoms with E-state index in [2.05, 4.69) is 46.1 Å². The molecule has 0 spiro atoms. The Morgan fingerprint density at radius 3 is 2.70 bits per heavy atom. The molecule has 1 unspecified atom stereocenters. The van der Waals surface area contributed by atoms with Crippen molar-refractivity contribution in [3.05, 3.63) is 78.1 Å². The Balaban J connectivity index is 1.08. The van der Waals surface area contributed by atoms with Crippen LogP contribution in [0.25, 0.3) is 22.4 Å². The van der Waals surface area contributed by atoms with Crippen LogP contribution in [0.5, 0.6) is 5.75 Å². The molecule has 2 aliphatic heterocycles. The monoisotopic (exact) mass is 540 g/mol. The maximum atomic E-state index is 12.9. The Morgan fingerprint density at radius 1 is 1.02 bits per heavy atom. The minimum Gasteiger partial charge on any atom is -0.491 e. The molecule has 9 nitrogen and oxygen atoms in total. The molecular weight excluding hydrogens is 504 g/mol. The lowest BCUT2D eigenvalue weighted by atomic mass is 10.00. The number of ether oxygens (including phenoxy) is 1. The zero-order chi connectivity index (χ0) is 27.5. The second-order valence-electron chi connectivity index (χ2n) is 10.8. The van der Waals surface area contributed by atoms with Crippen molar-refractivity contribution in [1.82, 2.24) is 29.2 Å². The van der Waals surface area contributed by atoms with Gasteiger partial charge in [0.15, 0.2) is 5.82 Å². The number of benzene rings is 2. The summed E-state index contributed by atoms with van der Waals surface area (Å²) in [6.07, 6.45) is 4.10. The van der Waals surface area contributed by atoms with Gasteiger partial charge in [-0.3, -0.25) is 9.69 Å². The lowest BCUT2D eigenvalue weighted by Crippen LogP contribution is -2.48. The van der Waals surface area contributed by atoms with Crippen LogP contribution in [0.3, 0.4) is 0 Å². The average molecular weight is 541 g/mol. The van der Waals surface area contributed by atoms with E-state index < -0.39 is 6.10 Å². The van der Waals surface area contributed by atoms with Gasteiger partial charge >= 0.3 is 0 Å². The highest BCUT2D eigenvalue weighted by molar-refractivity contribution is 5.81. The van der Waals surface area contributed by atoms with Crippen LogP contribution in [0.4, 0.5) is 0 Å². The Bertz CT molecular complexity index is 1480. The van der Waals surface area contributed by atoms with Crippen molar-refractivity contribution in [1.29, 1.82) is 0 Å². The molecule has 2 aromatic carbocycles. The molecule has 4 aromatic rings. The van der Waals surface area contributed by atoms with Crippen molar-refractivity contribution < 1.29 is 14.6 Å². The van der Waals surface area contributed by atoms with Crippen molar-refractivity contribution in [3.63, 3.8) is 0 Å². The van der Waals surface area contributed by atoms with Crippen LogP contribution in [0.1, 0.15) is 11.1 Å². The first-order valence-corrected chi connectivity index (χ1v) is 14.0. The van der Waals surface area contributed by atoms with Crippen molar-refractivity contribution in [2.75, 3.05) is 52.9 Å². The van der Waals surface area contributed by atoms with Gasteiger partial charge < -0.3 is 24.2 Å². The number of rotatable bonds is 8. The molecule has 9 heteroatoms. The van der Waals surface area contributed by atoms with Crippen molar-refractivity contribution in [2.45, 2.75) is 25.6 Å². The van der Waals surface area contributed by atoms with Crippen LogP contribution in [0, 0.1) is 0 Å². The SMILES string of the molecule is CN1CCN(C(=O)Cn2ccc3cnc(-c4cccc(OCC(O)CN5CCc6ccccc6C5)c4)nc32)CC1. The van der Waals surface area contributed by atoms with Gasteiger partial charge in [-0.1, -0.05) is 36.4 Å². The molecule has 6 rings (SSSR count). The molecule has 0 aliphatic carbocycles. The predicted octanol–water partition coefficient (Wildman–Crippen LogP) is 2.67. The van der Waals surface area contributed by atoms with Crippen LogP contribution in [-0.2, 0) is 24.3 Å². The molecule has 0 radical (unpaired) electrons. The molecule has 4 heterocycles. The number of hydrogen-bond acceptors (Lipinski definition) is 7. The van der Waals surface area contributed by atoms with Gasteiger partial charge in [-0.05, 0) is 42.8 Å². The Morgan fingerprint density at radius 2 is 1.85 bits per heavy atom. The zero-order valence-electron chi connectivity index (χ0n) is 22.9. The third kappa shape index (κ3) is 6.01. The molecule has 2 aliphatic rings. The minimum absolute atomic E-state index is 0.105. The summed E-state index contributed by atoms with van der Waals surface area (Å²) in [4.78, 5) is 28.7. The van der Waals surface area contributed by atoms with Crippen LogP contribution in [0.15, 0.2) is 67.0 Å². The van der Waals surface area contributed by atoms with Crippen LogP contribution >= 0.6 is 0 Å². The molecule has 2 aromatic heterocycles. The highest BCUT2D eigenvalue weighted by Gasteiger charge is 2.21. The Labute approximate surface area is 234 Å². The first-order valence-electron chi connectivity index (χ1n) is 14.0. The van der Waals surface area contributed by atoms with E-state index in [9.17, 15) is 9.90 Å². The molecule has 1 atom stereocenters. The predicted molar refractivity (Wildman–Crippen MR) is 154 cm³/mol. The van der Waals surface area contributed by atoms with Gasteiger partial charge in [0.2, 0.25) is 5.91 Å². The molecule has 0 saturated carbocycles. The van der Waals surface area contributed by atoms with Gasteiger partial charge in [-0.25, -0.2) is 9.97 Å². The highest BCUT2D eigenvalue weighted by Crippen LogP contribution is 2.24. The van der Waals surface area contributed by atoms with Crippen LogP contribution in [-0.4, -0.2) is 99.3 Å². The highest BCUT2D eigenvalue weighted by atomic mass is 16.5. The molecule has 1 saturated heterocycles. The molecular formula is C31H36N6O3. The Kier molecular flexibility index (Phi) is 7.77. The number of piperazine rings is 1. The summed E-state index contributed by atoms with van der Waals surface area (Å²) in [6.45, 7) is 6.12. The van der Waals surface area contributed by atoms with Gasteiger partial charge in [0, 0.05) is 69.2 Å². The van der Waals surface area contributed by atoms with E-state index in [0.29, 0.717) is 18.1 Å². The number of aliphatic hydroxyl groups excluding tert-OH is 1. The van der Waals surface area contributed by atoms with Crippen LogP contribution < -0.4 is 4.74 Å². The van der Waals surface area contributed by atoms with Crippen LogP contribution in [0.2, 0.25) is 0 Å². The number of carbonyl (C=O) groups excluding carboxylic acids is 1. The summed E-state index contributed by atoms with van der Waals surface area (Å²) in [5.74, 6) is 1.33. The van der Waals surface area contributed by atoms with E-state index in [1.807, 2.05) is 46.0 Å². The van der Waals surface area contributed by atoms with Crippen molar-refractivity contribution in [2.24, 2.45) is 0 Å². The third-order valence-corrected chi connectivity index (χ3v) is 7.88. The largest absolute Gasteiger partial charge is 0.491 e. The molecule has 1 fully saturated rings. The van der Waals surface area contributed by atoms with Crippen molar-refractivity contribution >= 4 is 16.9 Å². The van der Waals surface area contributed by atoms with E-state index in [-0.39, 0.29) is 19.1 Å². The van der Waals surface area contributed by atoms with E-state index in [1.165, 1.54) is 11.1 Å². The molecule has 1 amide bonds. The fourth-order valence-corrected chi connectivity index (χ4v) is 5.52. The van der Waals surface area contributed by atoms with Gasteiger partial charge in [0.05, 0.1) is 0 Å². The number of likely N-dealkylation sites (N-methyl/N-ethyl adjacent to an activating group) is 1. The first kappa shape index (κ1) is 26.4. The molecule has 0 bridgehead atoms. The summed E-state index contributed by atoms with van der Waals surface area (Å²) >= 11 is 0. The van der Waals surface area contributed by atoms with E-state index in [1.54, 1.807) is 6.20 Å². The lowest BCUT2D eigenvalue weighted by Gasteiger charge is -2.32. The average Bonchev–Trinajstić information content (AvgIpc) is 3.38. The minimum atomic E-state index is -0.595. The Hall–Kier alpha value is -3.79. The fourth-order valence-electron chi connectivity index (χ4n) is 5.52. The number of amides is 1. The number of nitrogens with zero attached hydrogens (tertiary/aromatic N) is 6. The second kappa shape index (κ2) is 11.8. The van der Waals surface area contributed by atoms with E-state index >= 15 is 0 Å². The van der Waals surface area contributed by atoms with Crippen molar-refractivity contribution in [3.8, 4) is 17.1 Å². The molecule has 40 heavy (non-hydrogen) atoms. The second-order valence-corrected chi connectivity index (χ2v) is 10.8. The maximum absolute atomic E-state index is 12.9. The maximum Gasteiger partial charge on any atom is 0.242 e. The zero-order valence-corrected chi connectivity index (χ0v) is 22.9. The normalized spacial score (nSPS) is 17.1. The number of aromatic nitrogens is 3. The third-order valence-electron chi connectivity index (χ3n) is 7.88. The molecule has 1 N–H and O–H groups in total. The van der Waals surface area contributed by atoms with E-state index in [4.69, 9.17) is 9.72 Å².